The number of allylic oxidation sites excluding steroid dienone is 1. The molecule has 0 fully saturated rings. The van der Waals surface area contributed by atoms with Crippen molar-refractivity contribution < 1.29 is 17.4 Å². The number of hydrogen-bond acceptors (Lipinski definition) is 4. The van der Waals surface area contributed by atoms with E-state index in [4.69, 9.17) is 4.28 Å². The van der Waals surface area contributed by atoms with Crippen molar-refractivity contribution in [3.8, 4) is 0 Å². The lowest BCUT2D eigenvalue weighted by molar-refractivity contribution is -0.856. The van der Waals surface area contributed by atoms with Crippen LogP contribution in [0.3, 0.4) is 0 Å². The van der Waals surface area contributed by atoms with E-state index in [-0.39, 0.29) is 4.90 Å². The number of hydrogen-bond donors (Lipinski definition) is 0. The van der Waals surface area contributed by atoms with Crippen LogP contribution in [0.2, 0.25) is 0 Å². The van der Waals surface area contributed by atoms with Crippen LogP contribution in [0.4, 0.5) is 0 Å². The summed E-state index contributed by atoms with van der Waals surface area (Å²) in [5.74, 6) is 0. The van der Waals surface area contributed by atoms with Crippen LogP contribution in [0.25, 0.3) is 6.08 Å². The van der Waals surface area contributed by atoms with Crippen LogP contribution in [0.1, 0.15) is 16.7 Å². The summed E-state index contributed by atoms with van der Waals surface area (Å²) in [5.41, 5.74) is 3.11. The van der Waals surface area contributed by atoms with Crippen molar-refractivity contribution in [1.82, 2.24) is 4.98 Å². The molecule has 0 saturated heterocycles. The van der Waals surface area contributed by atoms with Crippen LogP contribution in [0.5, 0.6) is 0 Å². The highest BCUT2D eigenvalue weighted by Gasteiger charge is 2.21. The van der Waals surface area contributed by atoms with Gasteiger partial charge in [-0.15, -0.1) is 4.28 Å². The molecule has 1 aromatic carbocycles. The van der Waals surface area contributed by atoms with Crippen LogP contribution in [0.15, 0.2) is 84.3 Å². The fraction of sp³-hybridized carbons (Fsp3) is 0.100. The van der Waals surface area contributed by atoms with Gasteiger partial charge in [-0.05, 0) is 48.7 Å². The van der Waals surface area contributed by atoms with Gasteiger partial charge in [0.2, 0.25) is 12.4 Å². The molecule has 0 atom stereocenters. The molecule has 0 N–H and O–H groups in total. The quantitative estimate of drug-likeness (QED) is 0.629. The third-order valence-corrected chi connectivity index (χ3v) is 4.95. The highest BCUT2D eigenvalue weighted by Crippen LogP contribution is 2.10. The molecule has 0 radical (unpaired) electrons. The predicted molar refractivity (Wildman–Crippen MR) is 98.6 cm³/mol. The fourth-order valence-electron chi connectivity index (χ4n) is 2.30. The van der Waals surface area contributed by atoms with E-state index in [1.165, 1.54) is 16.9 Å². The lowest BCUT2D eigenvalue weighted by Gasteiger charge is -2.01. The molecule has 0 aliphatic heterocycles. The molecular formula is C20H19N2O3S+. The summed E-state index contributed by atoms with van der Waals surface area (Å²) >= 11 is 0. The van der Waals surface area contributed by atoms with E-state index >= 15 is 0 Å². The molecule has 26 heavy (non-hydrogen) atoms. The van der Waals surface area contributed by atoms with Crippen LogP contribution >= 0.6 is 0 Å². The normalized spacial score (nSPS) is 11.6. The molecule has 0 bridgehead atoms. The lowest BCUT2D eigenvalue weighted by atomic mass is 10.1. The summed E-state index contributed by atoms with van der Waals surface area (Å²) in [5, 5.41) is 0. The minimum atomic E-state index is -3.85. The Balaban J connectivity index is 1.64. The van der Waals surface area contributed by atoms with Crippen LogP contribution < -0.4 is 9.01 Å². The lowest BCUT2D eigenvalue weighted by Crippen LogP contribution is -2.45. The molecule has 132 valence electrons. The van der Waals surface area contributed by atoms with Gasteiger partial charge in [-0.2, -0.15) is 8.42 Å². The van der Waals surface area contributed by atoms with Gasteiger partial charge >= 0.3 is 10.1 Å². The Hall–Kier alpha value is -2.99. The summed E-state index contributed by atoms with van der Waals surface area (Å²) in [6, 6.07) is 14.0. The van der Waals surface area contributed by atoms with Crippen molar-refractivity contribution in [2.24, 2.45) is 0 Å². The Morgan fingerprint density at radius 1 is 1.00 bits per heavy atom. The average Bonchev–Trinajstić information content (AvgIpc) is 2.64. The van der Waals surface area contributed by atoms with Gasteiger partial charge in [-0.1, -0.05) is 29.8 Å². The molecule has 0 amide bonds. The molecule has 0 aliphatic carbocycles. The van der Waals surface area contributed by atoms with E-state index in [1.54, 1.807) is 36.9 Å². The zero-order valence-corrected chi connectivity index (χ0v) is 15.1. The van der Waals surface area contributed by atoms with E-state index in [1.807, 2.05) is 43.3 Å². The van der Waals surface area contributed by atoms with Crippen LogP contribution in [-0.2, 0) is 16.5 Å². The molecule has 0 unspecified atom stereocenters. The Morgan fingerprint density at radius 3 is 2.31 bits per heavy atom. The monoisotopic (exact) mass is 367 g/mol. The minimum Gasteiger partial charge on any atom is -0.265 e. The zero-order valence-electron chi connectivity index (χ0n) is 14.3. The van der Waals surface area contributed by atoms with Gasteiger partial charge in [-0.25, -0.2) is 0 Å². The van der Waals surface area contributed by atoms with E-state index in [2.05, 4.69) is 4.98 Å². The summed E-state index contributed by atoms with van der Waals surface area (Å²) in [6.07, 6.45) is 11.4. The molecular weight excluding hydrogens is 348 g/mol. The Kier molecular flexibility index (Phi) is 5.43. The number of pyridine rings is 2. The van der Waals surface area contributed by atoms with Crippen molar-refractivity contribution >= 4 is 16.2 Å². The second kappa shape index (κ2) is 7.93. The van der Waals surface area contributed by atoms with Gasteiger partial charge < -0.3 is 0 Å². The summed E-state index contributed by atoms with van der Waals surface area (Å²) in [4.78, 5) is 4.10. The first-order valence-corrected chi connectivity index (χ1v) is 9.52. The highest BCUT2D eigenvalue weighted by atomic mass is 32.2. The van der Waals surface area contributed by atoms with E-state index < -0.39 is 10.1 Å². The van der Waals surface area contributed by atoms with Gasteiger partial charge in [0.1, 0.15) is 4.90 Å². The number of rotatable bonds is 6. The first kappa shape index (κ1) is 17.8. The van der Waals surface area contributed by atoms with Gasteiger partial charge in [0.15, 0.2) is 0 Å². The third-order valence-electron chi connectivity index (χ3n) is 3.73. The molecule has 0 spiro atoms. The summed E-state index contributed by atoms with van der Waals surface area (Å²) < 4.78 is 30.8. The largest absolute Gasteiger partial charge is 0.396 e. The topological polar surface area (TPSA) is 60.1 Å². The minimum absolute atomic E-state index is 0.125. The van der Waals surface area contributed by atoms with E-state index in [0.717, 1.165) is 23.1 Å². The average molecular weight is 367 g/mol. The second-order valence-corrected chi connectivity index (χ2v) is 7.32. The standard InChI is InChI=1S/C20H19N2O3S/c1-17-5-7-20(8-6-17)26(23,24)25-22-15-11-19(12-16-22)4-2-3-18-9-13-21-14-10-18/h2-3,5-16H,4H2,1H3/q+1. The van der Waals surface area contributed by atoms with Crippen molar-refractivity contribution in [3.63, 3.8) is 0 Å². The third kappa shape index (κ3) is 4.77. The maximum absolute atomic E-state index is 12.3. The Morgan fingerprint density at radius 2 is 1.65 bits per heavy atom. The molecule has 3 aromatic rings. The van der Waals surface area contributed by atoms with Gasteiger partial charge in [0, 0.05) is 29.3 Å². The highest BCUT2D eigenvalue weighted by molar-refractivity contribution is 7.86. The van der Waals surface area contributed by atoms with Gasteiger partial charge in [0.05, 0.1) is 0 Å². The maximum atomic E-state index is 12.3. The van der Waals surface area contributed by atoms with Crippen molar-refractivity contribution in [2.45, 2.75) is 18.2 Å². The summed E-state index contributed by atoms with van der Waals surface area (Å²) in [7, 11) is -3.85. The predicted octanol–water partition coefficient (Wildman–Crippen LogP) is 2.75. The number of benzene rings is 1. The first-order chi connectivity index (χ1) is 12.5. The Labute approximate surface area is 153 Å². The van der Waals surface area contributed by atoms with Crippen molar-refractivity contribution in [3.05, 3.63) is 96.1 Å². The smallest absolute Gasteiger partial charge is 0.265 e. The maximum Gasteiger partial charge on any atom is 0.396 e. The summed E-state index contributed by atoms with van der Waals surface area (Å²) in [6.45, 7) is 1.90. The molecule has 2 aromatic heterocycles. The van der Waals surface area contributed by atoms with Gasteiger partial charge in [-0.3, -0.25) is 4.98 Å². The fourth-order valence-corrected chi connectivity index (χ4v) is 3.18. The number of aryl methyl sites for hydroxylation is 1. The number of nitrogens with zero attached hydrogens (tertiary/aromatic N) is 2. The molecule has 6 heteroatoms. The first-order valence-electron chi connectivity index (χ1n) is 8.11. The number of aromatic nitrogens is 2. The molecule has 0 saturated carbocycles. The van der Waals surface area contributed by atoms with Crippen molar-refractivity contribution in [1.29, 1.82) is 0 Å². The van der Waals surface area contributed by atoms with E-state index in [9.17, 15) is 8.42 Å². The van der Waals surface area contributed by atoms with Crippen LogP contribution in [0, 0.1) is 6.92 Å². The van der Waals surface area contributed by atoms with E-state index in [0.29, 0.717) is 0 Å². The van der Waals surface area contributed by atoms with Gasteiger partial charge in [0.25, 0.3) is 0 Å². The van der Waals surface area contributed by atoms with Crippen molar-refractivity contribution in [2.75, 3.05) is 0 Å². The SMILES string of the molecule is Cc1ccc(S(=O)(=O)O[n+]2ccc(CC=Cc3ccncc3)cc2)cc1. The molecule has 3 rings (SSSR count). The Bertz CT molecular complexity index is 981. The second-order valence-electron chi connectivity index (χ2n) is 5.80. The molecule has 5 nitrogen and oxygen atoms in total. The molecule has 2 heterocycles. The zero-order chi connectivity index (χ0) is 18.4. The van der Waals surface area contributed by atoms with Crippen LogP contribution in [-0.4, -0.2) is 13.4 Å². The molecule has 0 aliphatic rings.